The molecule has 186 valence electrons. The van der Waals surface area contributed by atoms with Gasteiger partial charge in [0.05, 0.1) is 25.3 Å². The number of hydrogen-bond donors (Lipinski definition) is 1. The first-order valence-corrected chi connectivity index (χ1v) is 10.8. The van der Waals surface area contributed by atoms with Crippen LogP contribution >= 0.6 is 0 Å². The molecule has 11 nitrogen and oxygen atoms in total. The quantitative estimate of drug-likeness (QED) is 0.550. The first kappa shape index (κ1) is 23.3. The van der Waals surface area contributed by atoms with Gasteiger partial charge in [0.1, 0.15) is 30.0 Å². The van der Waals surface area contributed by atoms with Gasteiger partial charge in [0, 0.05) is 24.9 Å². The van der Waals surface area contributed by atoms with E-state index in [1.165, 1.54) is 22.0 Å². The van der Waals surface area contributed by atoms with Gasteiger partial charge >= 0.3 is 6.03 Å². The van der Waals surface area contributed by atoms with E-state index in [9.17, 15) is 22.8 Å². The van der Waals surface area contributed by atoms with Gasteiger partial charge in [0.15, 0.2) is 5.82 Å². The SMILES string of the molecule is NC(=O)Cn1ccc(-c2ncc(F)c(OC3CN(C(=O)N4N=CCC4c4cc(F)cc(F)c4)C3)n2)n1. The minimum absolute atomic E-state index is 0.0819. The molecular formula is C22H19F3N8O3. The highest BCUT2D eigenvalue weighted by molar-refractivity contribution is 5.79. The van der Waals surface area contributed by atoms with Gasteiger partial charge < -0.3 is 15.4 Å². The monoisotopic (exact) mass is 500 g/mol. The van der Waals surface area contributed by atoms with Gasteiger partial charge in [-0.05, 0) is 23.8 Å². The largest absolute Gasteiger partial charge is 0.468 e. The van der Waals surface area contributed by atoms with E-state index in [2.05, 4.69) is 20.2 Å². The normalized spacial score (nSPS) is 17.4. The molecule has 2 N–H and O–H groups in total. The average Bonchev–Trinajstić information content (AvgIpc) is 3.45. The molecule has 0 aliphatic carbocycles. The van der Waals surface area contributed by atoms with Crippen LogP contribution in [0.1, 0.15) is 18.0 Å². The van der Waals surface area contributed by atoms with Crippen molar-refractivity contribution in [3.05, 3.63) is 59.7 Å². The van der Waals surface area contributed by atoms with Crippen LogP contribution in [0.2, 0.25) is 0 Å². The van der Waals surface area contributed by atoms with Crippen molar-refractivity contribution >= 4 is 18.2 Å². The molecule has 1 atom stereocenters. The fourth-order valence-corrected chi connectivity index (χ4v) is 3.90. The van der Waals surface area contributed by atoms with E-state index >= 15 is 0 Å². The number of benzene rings is 1. The third-order valence-electron chi connectivity index (χ3n) is 5.59. The molecule has 3 amide bonds. The first-order valence-electron chi connectivity index (χ1n) is 10.8. The minimum atomic E-state index is -0.794. The Morgan fingerprint density at radius 2 is 1.89 bits per heavy atom. The Morgan fingerprint density at radius 1 is 1.14 bits per heavy atom. The third-order valence-corrected chi connectivity index (χ3v) is 5.59. The van der Waals surface area contributed by atoms with E-state index in [4.69, 9.17) is 10.5 Å². The Bertz CT molecular complexity index is 1340. The molecular weight excluding hydrogens is 481 g/mol. The summed E-state index contributed by atoms with van der Waals surface area (Å²) in [5.74, 6) is -3.09. The molecule has 1 fully saturated rings. The van der Waals surface area contributed by atoms with Crippen molar-refractivity contribution < 1.29 is 27.5 Å². The number of ether oxygens (including phenoxy) is 1. The zero-order valence-electron chi connectivity index (χ0n) is 18.6. The van der Waals surface area contributed by atoms with E-state index in [-0.39, 0.29) is 31.3 Å². The Balaban J connectivity index is 1.22. The van der Waals surface area contributed by atoms with E-state index in [1.54, 1.807) is 6.07 Å². The van der Waals surface area contributed by atoms with Crippen LogP contribution in [-0.4, -0.2) is 67.0 Å². The molecule has 5 rings (SSSR count). The van der Waals surface area contributed by atoms with Crippen molar-refractivity contribution in [3.8, 4) is 17.4 Å². The Hall–Kier alpha value is -4.49. The number of hydrazone groups is 1. The van der Waals surface area contributed by atoms with E-state index in [1.807, 2.05) is 0 Å². The molecule has 1 saturated heterocycles. The summed E-state index contributed by atoms with van der Waals surface area (Å²) in [6, 6.07) is 3.52. The van der Waals surface area contributed by atoms with Crippen LogP contribution in [-0.2, 0) is 11.3 Å². The van der Waals surface area contributed by atoms with Crippen LogP contribution in [0, 0.1) is 17.5 Å². The smallest absolute Gasteiger partial charge is 0.341 e. The molecule has 2 aliphatic rings. The highest BCUT2D eigenvalue weighted by atomic mass is 19.1. The van der Waals surface area contributed by atoms with Gasteiger partial charge in [0.2, 0.25) is 11.7 Å². The van der Waals surface area contributed by atoms with Gasteiger partial charge in [-0.25, -0.2) is 23.6 Å². The lowest BCUT2D eigenvalue weighted by molar-refractivity contribution is -0.118. The van der Waals surface area contributed by atoms with E-state index in [0.29, 0.717) is 17.7 Å². The van der Waals surface area contributed by atoms with Crippen LogP contribution in [0.15, 0.2) is 41.8 Å². The maximum Gasteiger partial charge on any atom is 0.341 e. The summed E-state index contributed by atoms with van der Waals surface area (Å²) >= 11 is 0. The summed E-state index contributed by atoms with van der Waals surface area (Å²) in [5.41, 5.74) is 5.73. The number of carbonyl (C=O) groups is 2. The Labute approximate surface area is 202 Å². The molecule has 3 aromatic rings. The molecule has 0 radical (unpaired) electrons. The van der Waals surface area contributed by atoms with Crippen LogP contribution in [0.5, 0.6) is 5.88 Å². The number of amides is 3. The summed E-state index contributed by atoms with van der Waals surface area (Å²) in [7, 11) is 0. The second-order valence-corrected chi connectivity index (χ2v) is 8.24. The van der Waals surface area contributed by atoms with E-state index < -0.39 is 41.5 Å². The number of urea groups is 1. The summed E-state index contributed by atoms with van der Waals surface area (Å²) in [4.78, 5) is 33.3. The van der Waals surface area contributed by atoms with Gasteiger partial charge in [-0.3, -0.25) is 9.48 Å². The fraction of sp³-hybridized carbons (Fsp3) is 0.273. The maximum absolute atomic E-state index is 14.3. The number of halogens is 3. The molecule has 0 spiro atoms. The van der Waals surface area contributed by atoms with E-state index in [0.717, 1.165) is 29.4 Å². The molecule has 2 aliphatic heterocycles. The zero-order chi connectivity index (χ0) is 25.4. The predicted octanol–water partition coefficient (Wildman–Crippen LogP) is 1.86. The lowest BCUT2D eigenvalue weighted by Gasteiger charge is -2.40. The van der Waals surface area contributed by atoms with Crippen LogP contribution in [0.3, 0.4) is 0 Å². The number of nitrogens with two attached hydrogens (primary N) is 1. The highest BCUT2D eigenvalue weighted by Gasteiger charge is 2.39. The van der Waals surface area contributed by atoms with Crippen molar-refractivity contribution in [1.29, 1.82) is 0 Å². The van der Waals surface area contributed by atoms with Crippen LogP contribution in [0.4, 0.5) is 18.0 Å². The lowest BCUT2D eigenvalue weighted by atomic mass is 10.0. The third kappa shape index (κ3) is 4.69. The number of aromatic nitrogens is 4. The summed E-state index contributed by atoms with van der Waals surface area (Å²) in [6.07, 6.45) is 3.72. The van der Waals surface area contributed by atoms with Gasteiger partial charge in [-0.15, -0.1) is 0 Å². The predicted molar refractivity (Wildman–Crippen MR) is 118 cm³/mol. The van der Waals surface area contributed by atoms with Crippen molar-refractivity contribution in [1.82, 2.24) is 29.7 Å². The molecule has 14 heteroatoms. The Morgan fingerprint density at radius 3 is 2.61 bits per heavy atom. The van der Waals surface area contributed by atoms with Gasteiger partial charge in [0.25, 0.3) is 5.88 Å². The molecule has 2 aromatic heterocycles. The Kier molecular flexibility index (Phi) is 6.00. The first-order chi connectivity index (χ1) is 17.3. The standard InChI is InChI=1S/C22H19F3N8O3/c23-13-5-12(6-14(24)7-13)18-1-3-28-33(18)22(35)31-9-15(10-31)36-21-16(25)8-27-20(29-21)17-2-4-32(30-17)11-19(26)34/h2-8,15,18H,1,9-11H2,(H2,26,34). The molecule has 0 saturated carbocycles. The van der Waals surface area contributed by atoms with Crippen molar-refractivity contribution in [2.45, 2.75) is 25.1 Å². The zero-order valence-corrected chi connectivity index (χ0v) is 18.6. The number of hydrogen-bond acceptors (Lipinski definition) is 7. The summed E-state index contributed by atoms with van der Waals surface area (Å²) in [5, 5.41) is 9.34. The minimum Gasteiger partial charge on any atom is -0.468 e. The molecule has 1 aromatic carbocycles. The van der Waals surface area contributed by atoms with Crippen molar-refractivity contribution in [3.63, 3.8) is 0 Å². The summed E-state index contributed by atoms with van der Waals surface area (Å²) in [6.45, 7) is 0.120. The van der Waals surface area contributed by atoms with Crippen molar-refractivity contribution in [2.75, 3.05) is 13.1 Å². The maximum atomic E-state index is 14.3. The number of rotatable bonds is 6. The summed E-state index contributed by atoms with van der Waals surface area (Å²) < 4.78 is 48.5. The highest BCUT2D eigenvalue weighted by Crippen LogP contribution is 2.31. The molecule has 1 unspecified atom stereocenters. The van der Waals surface area contributed by atoms with Crippen molar-refractivity contribution in [2.24, 2.45) is 10.8 Å². The van der Waals surface area contributed by atoms with Crippen LogP contribution < -0.4 is 10.5 Å². The fourth-order valence-electron chi connectivity index (χ4n) is 3.90. The van der Waals surface area contributed by atoms with Gasteiger partial charge in [-0.1, -0.05) is 0 Å². The molecule has 36 heavy (non-hydrogen) atoms. The number of primary amides is 1. The number of likely N-dealkylation sites (tertiary alicyclic amines) is 1. The second kappa shape index (κ2) is 9.28. The number of carbonyl (C=O) groups excluding carboxylic acids is 2. The van der Waals surface area contributed by atoms with Crippen LogP contribution in [0.25, 0.3) is 11.5 Å². The average molecular weight is 500 g/mol. The number of nitrogens with zero attached hydrogens (tertiary/aromatic N) is 7. The molecule has 0 bridgehead atoms. The van der Waals surface area contributed by atoms with Gasteiger partial charge in [-0.2, -0.15) is 19.6 Å². The lowest BCUT2D eigenvalue weighted by Crippen LogP contribution is -2.59. The topological polar surface area (TPSA) is 132 Å². The second-order valence-electron chi connectivity index (χ2n) is 8.24. The molecule has 4 heterocycles.